The zero-order chi connectivity index (χ0) is 16.0. The van der Waals surface area contributed by atoms with Gasteiger partial charge < -0.3 is 9.47 Å². The molecule has 0 aromatic heterocycles. The van der Waals surface area contributed by atoms with Crippen LogP contribution in [0.5, 0.6) is 0 Å². The number of esters is 1. The van der Waals surface area contributed by atoms with E-state index < -0.39 is 11.7 Å². The van der Waals surface area contributed by atoms with E-state index >= 15 is 0 Å². The number of methoxy groups -OCH3 is 1. The van der Waals surface area contributed by atoms with E-state index in [9.17, 15) is 9.59 Å². The number of nitrogens with zero attached hydrogens (tertiary/aromatic N) is 1. The van der Waals surface area contributed by atoms with E-state index in [0.29, 0.717) is 18.4 Å². The maximum atomic E-state index is 11.6. The summed E-state index contributed by atoms with van der Waals surface area (Å²) in [5.41, 5.74) is 3.37. The number of ether oxygens (including phenoxy) is 2. The lowest BCUT2D eigenvalue weighted by Crippen LogP contribution is -2.31. The third kappa shape index (κ3) is 5.57. The van der Waals surface area contributed by atoms with Crippen LogP contribution >= 0.6 is 0 Å². The molecule has 0 saturated heterocycles. The average molecular weight is 296 g/mol. The van der Waals surface area contributed by atoms with Crippen molar-refractivity contribution in [3.8, 4) is 0 Å². The first-order valence-electron chi connectivity index (χ1n) is 7.09. The number of amides is 1. The van der Waals surface area contributed by atoms with Crippen LogP contribution < -0.4 is 5.43 Å². The van der Waals surface area contributed by atoms with Gasteiger partial charge in [-0.1, -0.05) is 13.0 Å². The highest BCUT2D eigenvalue weighted by molar-refractivity contribution is 5.93. The molecule has 1 aliphatic carbocycles. The summed E-state index contributed by atoms with van der Waals surface area (Å²) in [6, 6.07) is 0. The van der Waals surface area contributed by atoms with Crippen LogP contribution in [0, 0.1) is 5.92 Å². The van der Waals surface area contributed by atoms with Gasteiger partial charge in [0.05, 0.1) is 7.11 Å². The molecule has 0 bridgehead atoms. The number of allylic oxidation sites excluding steroid dienone is 1. The van der Waals surface area contributed by atoms with E-state index in [2.05, 4.69) is 10.5 Å². The van der Waals surface area contributed by atoms with Gasteiger partial charge in [-0.3, -0.25) is 0 Å². The van der Waals surface area contributed by atoms with Gasteiger partial charge in [-0.25, -0.2) is 15.0 Å². The lowest BCUT2D eigenvalue weighted by atomic mass is 9.97. The third-order valence-corrected chi connectivity index (χ3v) is 3.09. The summed E-state index contributed by atoms with van der Waals surface area (Å²) >= 11 is 0. The monoisotopic (exact) mass is 296 g/mol. The van der Waals surface area contributed by atoms with Gasteiger partial charge in [-0.05, 0) is 40.0 Å². The van der Waals surface area contributed by atoms with Crippen LogP contribution in [0.2, 0.25) is 0 Å². The van der Waals surface area contributed by atoms with Crippen molar-refractivity contribution in [2.75, 3.05) is 7.11 Å². The van der Waals surface area contributed by atoms with Crippen molar-refractivity contribution in [1.29, 1.82) is 0 Å². The fraction of sp³-hybridized carbons (Fsp3) is 0.667. The quantitative estimate of drug-likeness (QED) is 0.491. The minimum absolute atomic E-state index is 0.124. The van der Waals surface area contributed by atoms with E-state index in [-0.39, 0.29) is 11.9 Å². The zero-order valence-corrected chi connectivity index (χ0v) is 13.4. The first-order chi connectivity index (χ1) is 9.76. The molecule has 21 heavy (non-hydrogen) atoms. The predicted molar refractivity (Wildman–Crippen MR) is 79.9 cm³/mol. The summed E-state index contributed by atoms with van der Waals surface area (Å²) < 4.78 is 9.84. The van der Waals surface area contributed by atoms with Crippen LogP contribution in [0.15, 0.2) is 16.8 Å². The topological polar surface area (TPSA) is 77.0 Å². The Labute approximate surface area is 125 Å². The lowest BCUT2D eigenvalue weighted by Gasteiger charge is -2.19. The van der Waals surface area contributed by atoms with Crippen LogP contribution in [0.1, 0.15) is 47.0 Å². The Morgan fingerprint density at radius 3 is 2.62 bits per heavy atom. The Kier molecular flexibility index (Phi) is 5.93. The standard InChI is InChI=1S/C15H24N2O4/c1-6-12(16-17-14(19)21-15(2,3)4)10-7-8-11(9-10)13(18)20-5/h8,10H,6-7,9H2,1-5H3,(H,17,19). The van der Waals surface area contributed by atoms with Gasteiger partial charge in [0.15, 0.2) is 0 Å². The normalized spacial score (nSPS) is 19.0. The Balaban J connectivity index is 2.58. The summed E-state index contributed by atoms with van der Waals surface area (Å²) in [5, 5.41) is 4.13. The van der Waals surface area contributed by atoms with Gasteiger partial charge in [0.2, 0.25) is 0 Å². The first-order valence-corrected chi connectivity index (χ1v) is 7.09. The SMILES string of the molecule is CCC(=NNC(=O)OC(C)(C)C)C1CC=C(C(=O)OC)C1. The van der Waals surface area contributed by atoms with Crippen LogP contribution in [0.3, 0.4) is 0 Å². The van der Waals surface area contributed by atoms with Gasteiger partial charge in [-0.15, -0.1) is 0 Å². The molecule has 1 atom stereocenters. The van der Waals surface area contributed by atoms with Crippen LogP contribution in [0.25, 0.3) is 0 Å². The number of hydrazone groups is 1. The summed E-state index contributed by atoms with van der Waals surface area (Å²) in [7, 11) is 1.37. The lowest BCUT2D eigenvalue weighted by molar-refractivity contribution is -0.136. The van der Waals surface area contributed by atoms with Crippen LogP contribution in [-0.4, -0.2) is 30.5 Å². The second-order valence-corrected chi connectivity index (χ2v) is 5.93. The number of rotatable bonds is 4. The number of nitrogens with one attached hydrogen (secondary N) is 1. The molecule has 0 spiro atoms. The molecular weight excluding hydrogens is 272 g/mol. The van der Waals surface area contributed by atoms with Gasteiger partial charge in [0, 0.05) is 17.2 Å². The van der Waals surface area contributed by atoms with E-state index in [1.807, 2.05) is 13.0 Å². The molecule has 0 heterocycles. The molecule has 0 aromatic carbocycles. The fourth-order valence-corrected chi connectivity index (χ4v) is 2.15. The van der Waals surface area contributed by atoms with Gasteiger partial charge in [-0.2, -0.15) is 5.10 Å². The molecule has 0 saturated carbocycles. The van der Waals surface area contributed by atoms with E-state index in [1.165, 1.54) is 7.11 Å². The predicted octanol–water partition coefficient (Wildman–Crippen LogP) is 2.79. The molecule has 1 N–H and O–H groups in total. The van der Waals surface area contributed by atoms with E-state index in [0.717, 1.165) is 12.1 Å². The molecular formula is C15H24N2O4. The summed E-state index contributed by atoms with van der Waals surface area (Å²) in [4.78, 5) is 23.1. The van der Waals surface area contributed by atoms with Crippen molar-refractivity contribution in [2.45, 2.75) is 52.6 Å². The molecule has 0 aromatic rings. The molecule has 1 rings (SSSR count). The fourth-order valence-electron chi connectivity index (χ4n) is 2.15. The minimum Gasteiger partial charge on any atom is -0.466 e. The third-order valence-electron chi connectivity index (χ3n) is 3.09. The average Bonchev–Trinajstić information content (AvgIpc) is 2.86. The summed E-state index contributed by atoms with van der Waals surface area (Å²) in [6.07, 6.45) is 3.31. The molecule has 1 amide bonds. The van der Waals surface area contributed by atoms with E-state index in [1.54, 1.807) is 20.8 Å². The molecule has 0 fully saturated rings. The number of carbonyl (C=O) groups is 2. The van der Waals surface area contributed by atoms with Crippen molar-refractivity contribution in [3.63, 3.8) is 0 Å². The highest BCUT2D eigenvalue weighted by atomic mass is 16.6. The minimum atomic E-state index is -0.576. The van der Waals surface area contributed by atoms with Crippen molar-refractivity contribution >= 4 is 17.8 Å². The second-order valence-electron chi connectivity index (χ2n) is 5.93. The smallest absolute Gasteiger partial charge is 0.428 e. The van der Waals surface area contributed by atoms with Gasteiger partial charge in [0.25, 0.3) is 0 Å². The number of hydrogen-bond acceptors (Lipinski definition) is 5. The first kappa shape index (κ1) is 17.2. The molecule has 0 radical (unpaired) electrons. The largest absolute Gasteiger partial charge is 0.466 e. The van der Waals surface area contributed by atoms with Crippen LogP contribution in [0.4, 0.5) is 4.79 Å². The Morgan fingerprint density at radius 1 is 1.43 bits per heavy atom. The maximum absolute atomic E-state index is 11.6. The molecule has 6 nitrogen and oxygen atoms in total. The Morgan fingerprint density at radius 2 is 2.10 bits per heavy atom. The Hall–Kier alpha value is -1.85. The van der Waals surface area contributed by atoms with Crippen LogP contribution in [-0.2, 0) is 14.3 Å². The number of carbonyl (C=O) groups excluding carboxylic acids is 2. The van der Waals surface area contributed by atoms with Gasteiger partial charge >= 0.3 is 12.1 Å². The second kappa shape index (κ2) is 7.24. The highest BCUT2D eigenvalue weighted by Crippen LogP contribution is 2.27. The molecule has 1 aliphatic rings. The number of hydrogen-bond donors (Lipinski definition) is 1. The zero-order valence-electron chi connectivity index (χ0n) is 13.4. The molecule has 118 valence electrons. The molecule has 1 unspecified atom stereocenters. The van der Waals surface area contributed by atoms with Crippen molar-refractivity contribution in [1.82, 2.24) is 5.43 Å². The molecule has 6 heteroatoms. The summed E-state index contributed by atoms with van der Waals surface area (Å²) in [6.45, 7) is 7.34. The Bertz CT molecular complexity index is 461. The van der Waals surface area contributed by atoms with Gasteiger partial charge in [0.1, 0.15) is 5.60 Å². The maximum Gasteiger partial charge on any atom is 0.428 e. The molecule has 0 aliphatic heterocycles. The van der Waals surface area contributed by atoms with Crippen molar-refractivity contribution in [3.05, 3.63) is 11.6 Å². The summed E-state index contributed by atoms with van der Waals surface area (Å²) in [5.74, 6) is -0.174. The highest BCUT2D eigenvalue weighted by Gasteiger charge is 2.26. The van der Waals surface area contributed by atoms with Crippen molar-refractivity contribution in [2.24, 2.45) is 11.0 Å². The van der Waals surface area contributed by atoms with E-state index in [4.69, 9.17) is 9.47 Å². The van der Waals surface area contributed by atoms with Crippen molar-refractivity contribution < 1.29 is 19.1 Å².